The van der Waals surface area contributed by atoms with Gasteiger partial charge in [0.05, 0.1) is 5.69 Å². The molecule has 1 aliphatic heterocycles. The molecule has 1 amide bonds. The lowest BCUT2D eigenvalue weighted by Gasteiger charge is -2.25. The van der Waals surface area contributed by atoms with Gasteiger partial charge in [0.2, 0.25) is 5.91 Å². The maximum absolute atomic E-state index is 13.6. The molecule has 120 valence electrons. The normalized spacial score (nSPS) is 16.6. The van der Waals surface area contributed by atoms with Crippen LogP contribution < -0.4 is 5.32 Å². The summed E-state index contributed by atoms with van der Waals surface area (Å²) in [4.78, 5) is 13.4. The number of rotatable bonds is 2. The van der Waals surface area contributed by atoms with E-state index < -0.39 is 0 Å². The Morgan fingerprint density at radius 2 is 2.00 bits per heavy atom. The Kier molecular flexibility index (Phi) is 3.69. The summed E-state index contributed by atoms with van der Waals surface area (Å²) in [6, 6.07) is 14.7. The lowest BCUT2D eigenvalue weighted by atomic mass is 9.87. The fraction of sp³-hybridized carbons (Fsp3) is 0.150. The van der Waals surface area contributed by atoms with Crippen LogP contribution in [0.5, 0.6) is 0 Å². The standard InChI is InChI=1S/C20H16FNOS/c1-12-5-2-3-8-15(12)16-10-18(23)22-19-17(11-24-20(16)19)13-6-4-7-14(21)9-13/h2-9,11,16H,10H2,1H3,(H,22,23)/t16-/m1/s1. The molecule has 4 heteroatoms. The van der Waals surface area contributed by atoms with Crippen molar-refractivity contribution in [2.24, 2.45) is 0 Å². The third kappa shape index (κ3) is 2.53. The molecular weight excluding hydrogens is 321 g/mol. The van der Waals surface area contributed by atoms with E-state index in [-0.39, 0.29) is 17.6 Å². The van der Waals surface area contributed by atoms with Crippen molar-refractivity contribution < 1.29 is 9.18 Å². The molecule has 4 rings (SSSR count). The van der Waals surface area contributed by atoms with Gasteiger partial charge < -0.3 is 5.32 Å². The van der Waals surface area contributed by atoms with Gasteiger partial charge in [-0.1, -0.05) is 36.4 Å². The number of hydrogen-bond acceptors (Lipinski definition) is 2. The molecule has 0 aliphatic carbocycles. The maximum Gasteiger partial charge on any atom is 0.225 e. The zero-order chi connectivity index (χ0) is 16.7. The molecule has 3 aromatic rings. The molecule has 1 atom stereocenters. The molecule has 1 aromatic heterocycles. The minimum Gasteiger partial charge on any atom is -0.325 e. The number of aryl methyl sites for hydroxylation is 1. The first-order valence-corrected chi connectivity index (χ1v) is 8.74. The molecular formula is C20H16FNOS. The molecule has 1 aliphatic rings. The number of amides is 1. The predicted octanol–water partition coefficient (Wildman–Crippen LogP) is 5.34. The molecule has 24 heavy (non-hydrogen) atoms. The Labute approximate surface area is 144 Å². The van der Waals surface area contributed by atoms with Crippen LogP contribution in [0.3, 0.4) is 0 Å². The molecule has 0 bridgehead atoms. The number of thiophene rings is 1. The van der Waals surface area contributed by atoms with Gasteiger partial charge >= 0.3 is 0 Å². The van der Waals surface area contributed by atoms with E-state index in [4.69, 9.17) is 0 Å². The van der Waals surface area contributed by atoms with Gasteiger partial charge in [-0.05, 0) is 35.7 Å². The van der Waals surface area contributed by atoms with Crippen LogP contribution in [0.2, 0.25) is 0 Å². The molecule has 0 unspecified atom stereocenters. The van der Waals surface area contributed by atoms with Crippen LogP contribution in [-0.4, -0.2) is 5.91 Å². The molecule has 0 spiro atoms. The van der Waals surface area contributed by atoms with E-state index in [1.54, 1.807) is 17.4 Å². The van der Waals surface area contributed by atoms with Crippen molar-refractivity contribution in [3.05, 3.63) is 75.7 Å². The van der Waals surface area contributed by atoms with Crippen molar-refractivity contribution >= 4 is 22.9 Å². The first-order chi connectivity index (χ1) is 11.6. The summed E-state index contributed by atoms with van der Waals surface area (Å²) in [6.07, 6.45) is 0.445. The number of fused-ring (bicyclic) bond motifs is 1. The topological polar surface area (TPSA) is 29.1 Å². The van der Waals surface area contributed by atoms with Crippen molar-refractivity contribution in [1.82, 2.24) is 0 Å². The number of benzene rings is 2. The van der Waals surface area contributed by atoms with Crippen molar-refractivity contribution in [3.8, 4) is 11.1 Å². The van der Waals surface area contributed by atoms with E-state index in [9.17, 15) is 9.18 Å². The SMILES string of the molecule is Cc1ccccc1[C@H]1CC(=O)Nc2c(-c3cccc(F)c3)csc21. The molecule has 0 saturated heterocycles. The summed E-state index contributed by atoms with van der Waals surface area (Å²) < 4.78 is 13.6. The number of halogens is 1. The highest BCUT2D eigenvalue weighted by Crippen LogP contribution is 2.47. The number of hydrogen-bond donors (Lipinski definition) is 1. The zero-order valence-corrected chi connectivity index (χ0v) is 14.0. The highest BCUT2D eigenvalue weighted by atomic mass is 32.1. The van der Waals surface area contributed by atoms with Crippen LogP contribution in [0, 0.1) is 12.7 Å². The summed E-state index contributed by atoms with van der Waals surface area (Å²) in [7, 11) is 0. The molecule has 2 nitrogen and oxygen atoms in total. The quantitative estimate of drug-likeness (QED) is 0.672. The summed E-state index contributed by atoms with van der Waals surface area (Å²) in [5, 5.41) is 5.00. The van der Waals surface area contributed by atoms with Crippen LogP contribution in [0.25, 0.3) is 11.1 Å². The van der Waals surface area contributed by atoms with Gasteiger partial charge in [0, 0.05) is 28.2 Å². The molecule has 2 aromatic carbocycles. The first kappa shape index (κ1) is 15.1. The van der Waals surface area contributed by atoms with E-state index in [0.717, 1.165) is 21.7 Å². The second-order valence-corrected chi connectivity index (χ2v) is 6.97. The highest BCUT2D eigenvalue weighted by molar-refractivity contribution is 7.11. The Morgan fingerprint density at radius 1 is 1.17 bits per heavy atom. The average Bonchev–Trinajstić information content (AvgIpc) is 2.98. The van der Waals surface area contributed by atoms with Crippen LogP contribution in [0.15, 0.2) is 53.9 Å². The van der Waals surface area contributed by atoms with Crippen LogP contribution >= 0.6 is 11.3 Å². The van der Waals surface area contributed by atoms with E-state index in [1.165, 1.54) is 23.3 Å². The summed E-state index contributed by atoms with van der Waals surface area (Å²) >= 11 is 1.63. The number of carbonyl (C=O) groups excluding carboxylic acids is 1. The number of nitrogens with one attached hydrogen (secondary N) is 1. The van der Waals surface area contributed by atoms with Gasteiger partial charge in [0.1, 0.15) is 5.82 Å². The molecule has 0 saturated carbocycles. The largest absolute Gasteiger partial charge is 0.325 e. The fourth-order valence-corrected chi connectivity index (χ4v) is 4.48. The summed E-state index contributed by atoms with van der Waals surface area (Å²) in [5.41, 5.74) is 4.87. The predicted molar refractivity (Wildman–Crippen MR) is 96.0 cm³/mol. The Hall–Kier alpha value is -2.46. The fourth-order valence-electron chi connectivity index (χ4n) is 3.32. The second-order valence-electron chi connectivity index (χ2n) is 6.06. The van der Waals surface area contributed by atoms with Crippen LogP contribution in [-0.2, 0) is 4.79 Å². The lowest BCUT2D eigenvalue weighted by molar-refractivity contribution is -0.116. The minimum atomic E-state index is -0.273. The van der Waals surface area contributed by atoms with E-state index >= 15 is 0 Å². The monoisotopic (exact) mass is 337 g/mol. The highest BCUT2D eigenvalue weighted by Gasteiger charge is 2.31. The minimum absolute atomic E-state index is 0.00630. The van der Waals surface area contributed by atoms with Gasteiger partial charge in [-0.2, -0.15) is 0 Å². The number of carbonyl (C=O) groups is 1. The van der Waals surface area contributed by atoms with Gasteiger partial charge in [-0.25, -0.2) is 4.39 Å². The molecule has 0 fully saturated rings. The van der Waals surface area contributed by atoms with E-state index in [0.29, 0.717) is 6.42 Å². The Morgan fingerprint density at radius 3 is 2.79 bits per heavy atom. The summed E-state index contributed by atoms with van der Waals surface area (Å²) in [5.74, 6) is -0.209. The van der Waals surface area contributed by atoms with Crippen molar-refractivity contribution in [1.29, 1.82) is 0 Å². The Balaban J connectivity index is 1.85. The second kappa shape index (κ2) is 5.87. The van der Waals surface area contributed by atoms with Gasteiger partial charge in [-0.3, -0.25) is 4.79 Å². The van der Waals surface area contributed by atoms with Gasteiger partial charge in [-0.15, -0.1) is 11.3 Å². The molecule has 2 heterocycles. The first-order valence-electron chi connectivity index (χ1n) is 7.86. The zero-order valence-electron chi connectivity index (χ0n) is 13.2. The maximum atomic E-state index is 13.6. The van der Waals surface area contributed by atoms with Crippen LogP contribution in [0.4, 0.5) is 10.1 Å². The molecule has 0 radical (unpaired) electrons. The smallest absolute Gasteiger partial charge is 0.225 e. The van der Waals surface area contributed by atoms with Crippen molar-refractivity contribution in [2.75, 3.05) is 5.32 Å². The summed E-state index contributed by atoms with van der Waals surface area (Å²) in [6.45, 7) is 2.07. The van der Waals surface area contributed by atoms with Gasteiger partial charge in [0.25, 0.3) is 0 Å². The number of anilines is 1. The third-order valence-corrected chi connectivity index (χ3v) is 5.59. The van der Waals surface area contributed by atoms with Gasteiger partial charge in [0.15, 0.2) is 0 Å². The lowest BCUT2D eigenvalue weighted by Crippen LogP contribution is -2.22. The van der Waals surface area contributed by atoms with E-state index in [1.807, 2.05) is 23.6 Å². The molecule has 1 N–H and O–H groups in total. The Bertz CT molecular complexity index is 931. The van der Waals surface area contributed by atoms with Crippen molar-refractivity contribution in [2.45, 2.75) is 19.3 Å². The van der Waals surface area contributed by atoms with Crippen molar-refractivity contribution in [3.63, 3.8) is 0 Å². The van der Waals surface area contributed by atoms with Crippen LogP contribution in [0.1, 0.15) is 28.3 Å². The average molecular weight is 337 g/mol. The third-order valence-electron chi connectivity index (χ3n) is 4.49. The van der Waals surface area contributed by atoms with E-state index in [2.05, 4.69) is 24.4 Å².